The lowest BCUT2D eigenvalue weighted by Gasteiger charge is -2.16. The Kier molecular flexibility index (Phi) is 4.11. The Balaban J connectivity index is 1.72. The van der Waals surface area contributed by atoms with E-state index in [1.54, 1.807) is 34.8 Å². The van der Waals surface area contributed by atoms with Gasteiger partial charge in [0.2, 0.25) is 0 Å². The monoisotopic (exact) mass is 365 g/mol. The molecule has 8 nitrogen and oxygen atoms in total. The number of aromatic nitrogens is 6. The lowest BCUT2D eigenvalue weighted by molar-refractivity contribution is 0.0774. The van der Waals surface area contributed by atoms with Crippen LogP contribution in [0.3, 0.4) is 0 Å². The van der Waals surface area contributed by atoms with Gasteiger partial charge in [0.1, 0.15) is 17.8 Å². The summed E-state index contributed by atoms with van der Waals surface area (Å²) in [4.78, 5) is 23.1. The summed E-state index contributed by atoms with van der Waals surface area (Å²) < 4.78 is 16.3. The first kappa shape index (κ1) is 16.8. The number of benzene rings is 1. The highest BCUT2D eigenvalue weighted by Crippen LogP contribution is 2.20. The second kappa shape index (κ2) is 6.60. The Morgan fingerprint density at radius 2 is 2.00 bits per heavy atom. The Labute approximate surface area is 153 Å². The molecule has 9 heteroatoms. The molecule has 136 valence electrons. The van der Waals surface area contributed by atoms with Crippen molar-refractivity contribution in [3.63, 3.8) is 0 Å². The van der Waals surface area contributed by atoms with Crippen molar-refractivity contribution < 1.29 is 9.18 Å². The second-order valence-electron chi connectivity index (χ2n) is 6.15. The molecule has 0 unspecified atom stereocenters. The molecule has 1 amide bonds. The zero-order valence-corrected chi connectivity index (χ0v) is 14.7. The molecular weight excluding hydrogens is 349 g/mol. The third-order valence-corrected chi connectivity index (χ3v) is 4.13. The Morgan fingerprint density at radius 1 is 1.22 bits per heavy atom. The van der Waals surface area contributed by atoms with Crippen LogP contribution in [0.2, 0.25) is 0 Å². The lowest BCUT2D eigenvalue weighted by Crippen LogP contribution is -2.28. The fourth-order valence-electron chi connectivity index (χ4n) is 2.79. The van der Waals surface area contributed by atoms with Crippen LogP contribution in [0.25, 0.3) is 17.0 Å². The van der Waals surface area contributed by atoms with Gasteiger partial charge in [0.25, 0.3) is 11.7 Å². The van der Waals surface area contributed by atoms with Crippen LogP contribution in [0.1, 0.15) is 16.2 Å². The van der Waals surface area contributed by atoms with Crippen molar-refractivity contribution in [3.05, 3.63) is 66.1 Å². The van der Waals surface area contributed by atoms with E-state index in [-0.39, 0.29) is 11.7 Å². The number of amides is 1. The van der Waals surface area contributed by atoms with Crippen LogP contribution in [-0.2, 0) is 13.6 Å². The molecule has 0 radical (unpaired) electrons. The van der Waals surface area contributed by atoms with E-state index in [1.807, 2.05) is 19.3 Å². The first-order valence-electron chi connectivity index (χ1n) is 8.22. The Morgan fingerprint density at radius 3 is 2.70 bits per heavy atom. The van der Waals surface area contributed by atoms with Gasteiger partial charge in [-0.25, -0.2) is 9.37 Å². The van der Waals surface area contributed by atoms with E-state index in [4.69, 9.17) is 0 Å². The van der Waals surface area contributed by atoms with E-state index < -0.39 is 0 Å². The predicted molar refractivity (Wildman–Crippen MR) is 95.2 cm³/mol. The maximum absolute atomic E-state index is 13.2. The molecule has 0 atom stereocenters. The molecule has 27 heavy (non-hydrogen) atoms. The minimum atomic E-state index is -0.339. The average Bonchev–Trinajstić information content (AvgIpc) is 3.29. The SMILES string of the molecule is CN(Cc1ccn(C)n1)C(=O)c1cc(-c2ccc(F)cc2)nc2ncnn12. The molecule has 1 aromatic carbocycles. The van der Waals surface area contributed by atoms with Crippen LogP contribution in [0.15, 0.2) is 48.9 Å². The lowest BCUT2D eigenvalue weighted by atomic mass is 10.1. The van der Waals surface area contributed by atoms with Crippen molar-refractivity contribution in [1.29, 1.82) is 0 Å². The maximum Gasteiger partial charge on any atom is 0.272 e. The molecule has 4 aromatic rings. The average molecular weight is 365 g/mol. The third-order valence-electron chi connectivity index (χ3n) is 4.13. The fourth-order valence-corrected chi connectivity index (χ4v) is 2.79. The van der Waals surface area contributed by atoms with Crippen molar-refractivity contribution in [2.45, 2.75) is 6.54 Å². The second-order valence-corrected chi connectivity index (χ2v) is 6.15. The van der Waals surface area contributed by atoms with Crippen LogP contribution in [0, 0.1) is 5.82 Å². The van der Waals surface area contributed by atoms with Crippen molar-refractivity contribution in [2.75, 3.05) is 7.05 Å². The smallest absolute Gasteiger partial charge is 0.272 e. The summed E-state index contributed by atoms with van der Waals surface area (Å²) in [5.74, 6) is -0.290. The molecule has 0 bridgehead atoms. The first-order chi connectivity index (χ1) is 13.0. The summed E-state index contributed by atoms with van der Waals surface area (Å²) in [7, 11) is 3.51. The summed E-state index contributed by atoms with van der Waals surface area (Å²) in [5.41, 5.74) is 2.29. The number of hydrogen-bond acceptors (Lipinski definition) is 5. The van der Waals surface area contributed by atoms with Crippen LogP contribution in [0.4, 0.5) is 4.39 Å². The normalized spacial score (nSPS) is 11.1. The molecule has 0 N–H and O–H groups in total. The van der Waals surface area contributed by atoms with Crippen molar-refractivity contribution >= 4 is 11.7 Å². The Bertz CT molecular complexity index is 1120. The molecule has 0 aliphatic heterocycles. The highest BCUT2D eigenvalue weighted by atomic mass is 19.1. The molecule has 0 spiro atoms. The van der Waals surface area contributed by atoms with Gasteiger partial charge in [-0.15, -0.1) is 0 Å². The van der Waals surface area contributed by atoms with Crippen molar-refractivity contribution in [1.82, 2.24) is 34.3 Å². The highest BCUT2D eigenvalue weighted by molar-refractivity contribution is 5.93. The number of aryl methyl sites for hydroxylation is 1. The van der Waals surface area contributed by atoms with Gasteiger partial charge >= 0.3 is 0 Å². The molecule has 0 saturated carbocycles. The zero-order chi connectivity index (χ0) is 19.0. The molecular formula is C18H16FN7O. The standard InChI is InChI=1S/C18H16FN7O/c1-24(10-14-7-8-25(2)23-14)17(27)16-9-15(12-3-5-13(19)6-4-12)22-18-20-11-21-26(16)18/h3-9,11H,10H2,1-2H3. The van der Waals surface area contributed by atoms with Gasteiger partial charge < -0.3 is 4.90 Å². The van der Waals surface area contributed by atoms with Gasteiger partial charge in [-0.1, -0.05) is 0 Å². The molecule has 0 fully saturated rings. The highest BCUT2D eigenvalue weighted by Gasteiger charge is 2.20. The number of nitrogens with zero attached hydrogens (tertiary/aromatic N) is 7. The summed E-state index contributed by atoms with van der Waals surface area (Å²) in [6.45, 7) is 0.351. The number of carbonyl (C=O) groups excluding carboxylic acids is 1. The molecule has 3 heterocycles. The van der Waals surface area contributed by atoms with E-state index in [2.05, 4.69) is 20.2 Å². The first-order valence-corrected chi connectivity index (χ1v) is 8.22. The van der Waals surface area contributed by atoms with Crippen LogP contribution in [-0.4, -0.2) is 47.2 Å². The number of hydrogen-bond donors (Lipinski definition) is 0. The quantitative estimate of drug-likeness (QED) is 0.552. The van der Waals surface area contributed by atoms with Gasteiger partial charge in [0.15, 0.2) is 0 Å². The number of halogens is 1. The number of fused-ring (bicyclic) bond motifs is 1. The minimum Gasteiger partial charge on any atom is -0.334 e. The summed E-state index contributed by atoms with van der Waals surface area (Å²) in [6.07, 6.45) is 3.16. The van der Waals surface area contributed by atoms with Crippen LogP contribution in [0.5, 0.6) is 0 Å². The molecule has 4 rings (SSSR count). The third kappa shape index (κ3) is 3.26. The van der Waals surface area contributed by atoms with E-state index >= 15 is 0 Å². The zero-order valence-electron chi connectivity index (χ0n) is 14.7. The minimum absolute atomic E-state index is 0.248. The van der Waals surface area contributed by atoms with Crippen molar-refractivity contribution in [3.8, 4) is 11.3 Å². The van der Waals surface area contributed by atoms with Gasteiger partial charge in [0.05, 0.1) is 17.9 Å². The predicted octanol–water partition coefficient (Wildman–Crippen LogP) is 1.94. The number of carbonyl (C=O) groups is 1. The molecule has 0 aliphatic carbocycles. The number of rotatable bonds is 4. The van der Waals surface area contributed by atoms with Gasteiger partial charge in [-0.2, -0.15) is 19.7 Å². The van der Waals surface area contributed by atoms with E-state index in [9.17, 15) is 9.18 Å². The van der Waals surface area contributed by atoms with Gasteiger partial charge in [-0.05, 0) is 36.4 Å². The molecule has 0 saturated heterocycles. The largest absolute Gasteiger partial charge is 0.334 e. The van der Waals surface area contributed by atoms with E-state index in [0.29, 0.717) is 29.3 Å². The molecule has 3 aromatic heterocycles. The van der Waals surface area contributed by atoms with Gasteiger partial charge in [-0.3, -0.25) is 9.48 Å². The van der Waals surface area contributed by atoms with E-state index in [0.717, 1.165) is 5.69 Å². The topological polar surface area (TPSA) is 81.2 Å². The summed E-state index contributed by atoms with van der Waals surface area (Å²) >= 11 is 0. The van der Waals surface area contributed by atoms with Crippen molar-refractivity contribution in [2.24, 2.45) is 7.05 Å². The van der Waals surface area contributed by atoms with Crippen LogP contribution < -0.4 is 0 Å². The Hall–Kier alpha value is -3.62. The maximum atomic E-state index is 13.2. The van der Waals surface area contributed by atoms with E-state index in [1.165, 1.54) is 23.0 Å². The van der Waals surface area contributed by atoms with Crippen LogP contribution >= 0.6 is 0 Å². The summed E-state index contributed by atoms with van der Waals surface area (Å²) in [6, 6.07) is 9.39. The fraction of sp³-hybridized carbons (Fsp3) is 0.167. The summed E-state index contributed by atoms with van der Waals surface area (Å²) in [5, 5.41) is 8.39. The molecule has 0 aliphatic rings. The van der Waals surface area contributed by atoms with Gasteiger partial charge in [0, 0.05) is 25.9 Å².